The van der Waals surface area contributed by atoms with Crippen molar-refractivity contribution in [1.29, 1.82) is 0 Å². The van der Waals surface area contributed by atoms with Gasteiger partial charge in [0.1, 0.15) is 0 Å². The van der Waals surface area contributed by atoms with E-state index in [1.54, 1.807) is 0 Å². The summed E-state index contributed by atoms with van der Waals surface area (Å²) in [5, 5.41) is 10.2. The summed E-state index contributed by atoms with van der Waals surface area (Å²) >= 11 is 0. The van der Waals surface area contributed by atoms with Gasteiger partial charge in [-0.2, -0.15) is 0 Å². The van der Waals surface area contributed by atoms with Crippen LogP contribution >= 0.6 is 0 Å². The molecule has 1 aromatic carbocycles. The van der Waals surface area contributed by atoms with Crippen LogP contribution in [0.2, 0.25) is 0 Å². The van der Waals surface area contributed by atoms with E-state index in [4.69, 9.17) is 0 Å². The molecule has 0 aromatic heterocycles. The standard InChI is InChI=1S/C18H24F2N2O2/c19-15-6-5-14(11-16(15)20)17(23)12-21-7-9-22(10-8-21)18(24)13-3-1-2-4-13/h5-6,11,13,17,23H,1-4,7-10,12H2. The van der Waals surface area contributed by atoms with Crippen LogP contribution in [0.25, 0.3) is 0 Å². The quantitative estimate of drug-likeness (QED) is 0.916. The molecule has 132 valence electrons. The zero-order valence-corrected chi connectivity index (χ0v) is 13.8. The number of carbonyl (C=O) groups is 1. The van der Waals surface area contributed by atoms with Gasteiger partial charge >= 0.3 is 0 Å². The summed E-state index contributed by atoms with van der Waals surface area (Å²) in [4.78, 5) is 16.4. The number of carbonyl (C=O) groups excluding carboxylic acids is 1. The SMILES string of the molecule is O=C(C1CCCC1)N1CCN(CC(O)c2ccc(F)c(F)c2)CC1. The van der Waals surface area contributed by atoms with E-state index in [2.05, 4.69) is 4.90 Å². The largest absolute Gasteiger partial charge is 0.387 e. The number of hydrogen-bond acceptors (Lipinski definition) is 3. The molecule has 1 unspecified atom stereocenters. The van der Waals surface area contributed by atoms with Crippen molar-refractivity contribution in [3.05, 3.63) is 35.4 Å². The fraction of sp³-hybridized carbons (Fsp3) is 0.611. The smallest absolute Gasteiger partial charge is 0.225 e. The minimum atomic E-state index is -0.946. The normalized spacial score (nSPS) is 21.2. The molecule has 1 atom stereocenters. The summed E-state index contributed by atoms with van der Waals surface area (Å²) in [6.45, 7) is 3.08. The van der Waals surface area contributed by atoms with Gasteiger partial charge in [0.15, 0.2) is 11.6 Å². The summed E-state index contributed by atoms with van der Waals surface area (Å²) < 4.78 is 26.2. The Morgan fingerprint density at radius 3 is 2.42 bits per heavy atom. The van der Waals surface area contributed by atoms with E-state index in [0.29, 0.717) is 38.3 Å². The molecule has 1 aliphatic carbocycles. The van der Waals surface area contributed by atoms with Crippen LogP contribution in [0.3, 0.4) is 0 Å². The van der Waals surface area contributed by atoms with Gasteiger partial charge in [-0.05, 0) is 30.5 Å². The Kier molecular flexibility index (Phi) is 5.46. The number of aliphatic hydroxyl groups is 1. The molecule has 1 aliphatic heterocycles. The van der Waals surface area contributed by atoms with Crippen molar-refractivity contribution in [1.82, 2.24) is 9.80 Å². The molecule has 3 rings (SSSR count). The van der Waals surface area contributed by atoms with Crippen LogP contribution < -0.4 is 0 Å². The highest BCUT2D eigenvalue weighted by molar-refractivity contribution is 5.79. The van der Waals surface area contributed by atoms with E-state index in [1.165, 1.54) is 6.07 Å². The molecule has 0 bridgehead atoms. The van der Waals surface area contributed by atoms with Crippen molar-refractivity contribution in [3.8, 4) is 0 Å². The molecule has 0 spiro atoms. The van der Waals surface area contributed by atoms with Gasteiger partial charge in [0.2, 0.25) is 5.91 Å². The maximum atomic E-state index is 13.3. The second-order valence-corrected chi connectivity index (χ2v) is 6.80. The first kappa shape index (κ1) is 17.3. The van der Waals surface area contributed by atoms with Gasteiger partial charge in [-0.15, -0.1) is 0 Å². The average Bonchev–Trinajstić information content (AvgIpc) is 3.12. The molecular weight excluding hydrogens is 314 g/mol. The lowest BCUT2D eigenvalue weighted by molar-refractivity contribution is -0.137. The van der Waals surface area contributed by atoms with Crippen molar-refractivity contribution < 1.29 is 18.7 Å². The van der Waals surface area contributed by atoms with Crippen molar-refractivity contribution in [2.45, 2.75) is 31.8 Å². The Labute approximate surface area is 141 Å². The fourth-order valence-corrected chi connectivity index (χ4v) is 3.65. The molecule has 24 heavy (non-hydrogen) atoms. The maximum Gasteiger partial charge on any atom is 0.225 e. The van der Waals surface area contributed by atoms with Crippen molar-refractivity contribution in [3.63, 3.8) is 0 Å². The van der Waals surface area contributed by atoms with Crippen LogP contribution in [0, 0.1) is 17.6 Å². The Morgan fingerprint density at radius 1 is 1.12 bits per heavy atom. The second kappa shape index (κ2) is 7.57. The molecular formula is C18H24F2N2O2. The summed E-state index contributed by atoms with van der Waals surface area (Å²) in [5.41, 5.74) is 0.373. The Bertz CT molecular complexity index is 582. The average molecular weight is 338 g/mol. The van der Waals surface area contributed by atoms with Gasteiger partial charge < -0.3 is 10.0 Å². The topological polar surface area (TPSA) is 43.8 Å². The molecule has 1 saturated carbocycles. The van der Waals surface area contributed by atoms with Gasteiger partial charge in [0.05, 0.1) is 6.10 Å². The number of hydrogen-bond donors (Lipinski definition) is 1. The zero-order valence-electron chi connectivity index (χ0n) is 13.8. The third-order valence-corrected chi connectivity index (χ3v) is 5.15. The van der Waals surface area contributed by atoms with E-state index in [-0.39, 0.29) is 11.8 Å². The monoisotopic (exact) mass is 338 g/mol. The molecule has 6 heteroatoms. The number of rotatable bonds is 4. The third-order valence-electron chi connectivity index (χ3n) is 5.15. The number of amides is 1. The lowest BCUT2D eigenvalue weighted by Gasteiger charge is -2.36. The molecule has 1 heterocycles. The van der Waals surface area contributed by atoms with E-state index < -0.39 is 17.7 Å². The maximum absolute atomic E-state index is 13.3. The van der Waals surface area contributed by atoms with Crippen LogP contribution in [0.4, 0.5) is 8.78 Å². The van der Waals surface area contributed by atoms with Crippen LogP contribution in [0.1, 0.15) is 37.4 Å². The summed E-state index contributed by atoms with van der Waals surface area (Å²) in [7, 11) is 0. The lowest BCUT2D eigenvalue weighted by atomic mass is 10.1. The first-order chi connectivity index (χ1) is 11.5. The number of nitrogens with zero attached hydrogens (tertiary/aromatic N) is 2. The van der Waals surface area contributed by atoms with Crippen molar-refractivity contribution >= 4 is 5.91 Å². The highest BCUT2D eigenvalue weighted by atomic mass is 19.2. The molecule has 1 aromatic rings. The molecule has 1 amide bonds. The van der Waals surface area contributed by atoms with Crippen LogP contribution in [-0.2, 0) is 4.79 Å². The number of β-amino-alcohol motifs (C(OH)–C–C–N with tert-alkyl or cyclic N) is 1. The number of piperazine rings is 1. The molecule has 1 saturated heterocycles. The van der Waals surface area contributed by atoms with Gasteiger partial charge in [0.25, 0.3) is 0 Å². The molecule has 0 radical (unpaired) electrons. The molecule has 2 fully saturated rings. The Balaban J connectivity index is 1.49. The third kappa shape index (κ3) is 3.92. The van der Waals surface area contributed by atoms with Crippen LogP contribution in [0.15, 0.2) is 18.2 Å². The molecule has 4 nitrogen and oxygen atoms in total. The van der Waals surface area contributed by atoms with Crippen LogP contribution in [0.5, 0.6) is 0 Å². The predicted molar refractivity (Wildman–Crippen MR) is 86.3 cm³/mol. The zero-order chi connectivity index (χ0) is 17.1. The molecule has 2 aliphatic rings. The van der Waals surface area contributed by atoms with Gasteiger partial charge in [-0.3, -0.25) is 9.69 Å². The Hall–Kier alpha value is -1.53. The van der Waals surface area contributed by atoms with Gasteiger partial charge in [0, 0.05) is 38.6 Å². The number of halogens is 2. The van der Waals surface area contributed by atoms with Crippen molar-refractivity contribution in [2.75, 3.05) is 32.7 Å². The van der Waals surface area contributed by atoms with Gasteiger partial charge in [-0.25, -0.2) is 8.78 Å². The summed E-state index contributed by atoms with van der Waals surface area (Å²) in [6.07, 6.45) is 3.45. The van der Waals surface area contributed by atoms with E-state index >= 15 is 0 Å². The Morgan fingerprint density at radius 2 is 1.79 bits per heavy atom. The molecule has 1 N–H and O–H groups in total. The van der Waals surface area contributed by atoms with Crippen molar-refractivity contribution in [2.24, 2.45) is 5.92 Å². The first-order valence-electron chi connectivity index (χ1n) is 8.69. The summed E-state index contributed by atoms with van der Waals surface area (Å²) in [6, 6.07) is 3.48. The predicted octanol–water partition coefficient (Wildman–Crippen LogP) is 2.33. The first-order valence-corrected chi connectivity index (χ1v) is 8.69. The second-order valence-electron chi connectivity index (χ2n) is 6.80. The minimum Gasteiger partial charge on any atom is -0.387 e. The number of aliphatic hydroxyl groups excluding tert-OH is 1. The fourth-order valence-electron chi connectivity index (χ4n) is 3.65. The highest BCUT2D eigenvalue weighted by Crippen LogP contribution is 2.27. The lowest BCUT2D eigenvalue weighted by Crippen LogP contribution is -2.50. The number of benzene rings is 1. The summed E-state index contributed by atoms with van der Waals surface area (Å²) in [5.74, 6) is -1.39. The van der Waals surface area contributed by atoms with Crippen LogP contribution in [-0.4, -0.2) is 53.5 Å². The van der Waals surface area contributed by atoms with Gasteiger partial charge in [-0.1, -0.05) is 18.9 Å². The van der Waals surface area contributed by atoms with E-state index in [1.807, 2.05) is 4.90 Å². The van der Waals surface area contributed by atoms with E-state index in [0.717, 1.165) is 37.8 Å². The minimum absolute atomic E-state index is 0.198. The highest BCUT2D eigenvalue weighted by Gasteiger charge is 2.29. The van der Waals surface area contributed by atoms with E-state index in [9.17, 15) is 18.7 Å².